The lowest BCUT2D eigenvalue weighted by Crippen LogP contribution is -2.18. The zero-order valence-electron chi connectivity index (χ0n) is 11.1. The molecule has 0 spiro atoms. The maximum atomic E-state index is 8.89. The number of nitrogens with two attached hydrogens (primary N) is 1. The minimum absolute atomic E-state index is 0.101. The summed E-state index contributed by atoms with van der Waals surface area (Å²) in [6.07, 6.45) is 7.03. The molecule has 5 heteroatoms. The van der Waals surface area contributed by atoms with Gasteiger partial charge in [0.15, 0.2) is 5.84 Å². The first-order valence-electron chi connectivity index (χ1n) is 6.54. The summed E-state index contributed by atoms with van der Waals surface area (Å²) in [6, 6.07) is 5.74. The molecule has 0 bridgehead atoms. The van der Waals surface area contributed by atoms with Crippen molar-refractivity contribution in [3.63, 3.8) is 0 Å². The first kappa shape index (κ1) is 14.1. The lowest BCUT2D eigenvalue weighted by molar-refractivity contribution is 0.221. The molecule has 1 aromatic rings. The summed E-state index contributed by atoms with van der Waals surface area (Å²) in [5, 5.41) is 12.0. The van der Waals surface area contributed by atoms with Gasteiger partial charge in [-0.05, 0) is 30.7 Å². The summed E-state index contributed by atoms with van der Waals surface area (Å²) in [4.78, 5) is 0.955. The first-order valence-corrected chi connectivity index (χ1v) is 7.76. The monoisotopic (exact) mass is 280 g/mol. The minimum Gasteiger partial charge on any atom is -0.493 e. The molecular formula is C14H20N2O2S. The number of ether oxygens (including phenoxy) is 1. The van der Waals surface area contributed by atoms with Crippen LogP contribution in [0.1, 0.15) is 31.2 Å². The Bertz CT molecular complexity index is 459. The number of amidine groups is 1. The third kappa shape index (κ3) is 3.35. The molecule has 1 aliphatic rings. The van der Waals surface area contributed by atoms with Gasteiger partial charge in [0.2, 0.25) is 0 Å². The molecule has 0 saturated heterocycles. The first-order chi connectivity index (χ1) is 9.26. The van der Waals surface area contributed by atoms with Gasteiger partial charge in [-0.2, -0.15) is 0 Å². The zero-order valence-corrected chi connectivity index (χ0v) is 11.9. The van der Waals surface area contributed by atoms with Crippen molar-refractivity contribution >= 4 is 17.6 Å². The van der Waals surface area contributed by atoms with E-state index in [9.17, 15) is 0 Å². The molecule has 0 unspecified atom stereocenters. The average Bonchev–Trinajstić information content (AvgIpc) is 2.40. The Kier molecular flexibility index (Phi) is 4.96. The molecule has 0 amide bonds. The van der Waals surface area contributed by atoms with E-state index in [1.807, 2.05) is 24.5 Å². The minimum atomic E-state index is 0.101. The number of nitrogens with zero attached hydrogens (tertiary/aromatic N) is 1. The molecule has 1 aromatic carbocycles. The highest BCUT2D eigenvalue weighted by molar-refractivity contribution is 7.98. The van der Waals surface area contributed by atoms with Crippen molar-refractivity contribution in [2.75, 3.05) is 12.9 Å². The van der Waals surface area contributed by atoms with E-state index in [0.29, 0.717) is 17.9 Å². The van der Waals surface area contributed by atoms with E-state index < -0.39 is 0 Å². The normalized spacial score (nSPS) is 16.2. The van der Waals surface area contributed by atoms with Crippen molar-refractivity contribution in [3.8, 4) is 5.75 Å². The molecular weight excluding hydrogens is 260 g/mol. The van der Waals surface area contributed by atoms with Crippen molar-refractivity contribution < 1.29 is 9.94 Å². The molecule has 4 nitrogen and oxygen atoms in total. The van der Waals surface area contributed by atoms with E-state index in [0.717, 1.165) is 17.2 Å². The zero-order chi connectivity index (χ0) is 13.7. The second-order valence-corrected chi connectivity index (χ2v) is 5.60. The van der Waals surface area contributed by atoms with Crippen LogP contribution in [-0.2, 0) is 0 Å². The predicted molar refractivity (Wildman–Crippen MR) is 78.2 cm³/mol. The van der Waals surface area contributed by atoms with Crippen LogP contribution in [0.2, 0.25) is 0 Å². The molecule has 0 radical (unpaired) electrons. The van der Waals surface area contributed by atoms with E-state index in [1.165, 1.54) is 19.3 Å². The highest BCUT2D eigenvalue weighted by Crippen LogP contribution is 2.31. The molecule has 104 valence electrons. The van der Waals surface area contributed by atoms with Crippen LogP contribution in [0, 0.1) is 5.92 Å². The summed E-state index contributed by atoms with van der Waals surface area (Å²) in [5.74, 6) is 1.61. The summed E-state index contributed by atoms with van der Waals surface area (Å²) in [6.45, 7) is 0.689. The standard InChI is InChI=1S/C14H20N2O2S/c1-19-12-7-3-6-11(13(12)14(15)16-17)18-9-8-10-4-2-5-10/h3,6-7,10,17H,2,4-5,8-9H2,1H3,(H2,15,16). The van der Waals surface area contributed by atoms with Gasteiger partial charge in [-0.25, -0.2) is 0 Å². The molecule has 1 fully saturated rings. The molecule has 2 rings (SSSR count). The Morgan fingerprint density at radius 2 is 2.32 bits per heavy atom. The molecule has 3 N–H and O–H groups in total. The van der Waals surface area contributed by atoms with Gasteiger partial charge in [0.25, 0.3) is 0 Å². The molecule has 0 aliphatic heterocycles. The Morgan fingerprint density at radius 1 is 1.53 bits per heavy atom. The average molecular weight is 280 g/mol. The van der Waals surface area contributed by atoms with E-state index in [4.69, 9.17) is 15.7 Å². The quantitative estimate of drug-likeness (QED) is 0.276. The summed E-state index contributed by atoms with van der Waals surface area (Å²) in [7, 11) is 0. The highest BCUT2D eigenvalue weighted by atomic mass is 32.2. The van der Waals surface area contributed by atoms with Gasteiger partial charge in [0.1, 0.15) is 5.75 Å². The molecule has 0 atom stereocenters. The third-order valence-electron chi connectivity index (χ3n) is 3.58. The van der Waals surface area contributed by atoms with Gasteiger partial charge < -0.3 is 15.7 Å². The fraction of sp³-hybridized carbons (Fsp3) is 0.500. The molecule has 1 aliphatic carbocycles. The van der Waals surface area contributed by atoms with Gasteiger partial charge in [-0.3, -0.25) is 0 Å². The Balaban J connectivity index is 2.09. The number of oxime groups is 1. The number of rotatable bonds is 6. The van der Waals surface area contributed by atoms with Crippen LogP contribution in [0.5, 0.6) is 5.75 Å². The van der Waals surface area contributed by atoms with Crippen molar-refractivity contribution in [2.24, 2.45) is 16.8 Å². The van der Waals surface area contributed by atoms with Gasteiger partial charge in [-0.1, -0.05) is 30.5 Å². The largest absolute Gasteiger partial charge is 0.493 e. The van der Waals surface area contributed by atoms with E-state index in [1.54, 1.807) is 11.8 Å². The molecule has 1 saturated carbocycles. The van der Waals surface area contributed by atoms with Crippen LogP contribution in [0.25, 0.3) is 0 Å². The van der Waals surface area contributed by atoms with Crippen molar-refractivity contribution in [3.05, 3.63) is 23.8 Å². The third-order valence-corrected chi connectivity index (χ3v) is 4.36. The number of thioether (sulfide) groups is 1. The van der Waals surface area contributed by atoms with Crippen LogP contribution in [0.15, 0.2) is 28.3 Å². The van der Waals surface area contributed by atoms with E-state index >= 15 is 0 Å². The van der Waals surface area contributed by atoms with Crippen molar-refractivity contribution in [1.82, 2.24) is 0 Å². The summed E-state index contributed by atoms with van der Waals surface area (Å²) < 4.78 is 5.82. The SMILES string of the molecule is CSc1cccc(OCCC2CCC2)c1/C(N)=N/O. The van der Waals surface area contributed by atoms with Gasteiger partial charge >= 0.3 is 0 Å². The van der Waals surface area contributed by atoms with Crippen LogP contribution in [0.4, 0.5) is 0 Å². The van der Waals surface area contributed by atoms with Gasteiger partial charge in [-0.15, -0.1) is 11.8 Å². The van der Waals surface area contributed by atoms with Crippen LogP contribution in [-0.4, -0.2) is 23.9 Å². The smallest absolute Gasteiger partial charge is 0.174 e. The predicted octanol–water partition coefficient (Wildman–Crippen LogP) is 3.07. The number of benzene rings is 1. The maximum Gasteiger partial charge on any atom is 0.174 e. The lowest BCUT2D eigenvalue weighted by Gasteiger charge is -2.25. The number of hydrogen-bond acceptors (Lipinski definition) is 4. The summed E-state index contributed by atoms with van der Waals surface area (Å²) in [5.41, 5.74) is 6.43. The second-order valence-electron chi connectivity index (χ2n) is 4.75. The van der Waals surface area contributed by atoms with Crippen molar-refractivity contribution in [1.29, 1.82) is 0 Å². The second kappa shape index (κ2) is 6.70. The Hall–Kier alpha value is -1.36. The van der Waals surface area contributed by atoms with E-state index in [-0.39, 0.29) is 5.84 Å². The fourth-order valence-electron chi connectivity index (χ4n) is 2.22. The Labute approximate surface area is 118 Å². The van der Waals surface area contributed by atoms with Crippen molar-refractivity contribution in [2.45, 2.75) is 30.6 Å². The maximum absolute atomic E-state index is 8.89. The number of hydrogen-bond donors (Lipinski definition) is 2. The molecule has 0 aromatic heterocycles. The molecule has 19 heavy (non-hydrogen) atoms. The molecule has 0 heterocycles. The van der Waals surface area contributed by atoms with Crippen LogP contribution in [0.3, 0.4) is 0 Å². The van der Waals surface area contributed by atoms with Crippen LogP contribution >= 0.6 is 11.8 Å². The Morgan fingerprint density at radius 3 is 2.89 bits per heavy atom. The van der Waals surface area contributed by atoms with Crippen LogP contribution < -0.4 is 10.5 Å². The van der Waals surface area contributed by atoms with Gasteiger partial charge in [0.05, 0.1) is 12.2 Å². The highest BCUT2D eigenvalue weighted by Gasteiger charge is 2.18. The fourth-order valence-corrected chi connectivity index (χ4v) is 2.84. The van der Waals surface area contributed by atoms with E-state index in [2.05, 4.69) is 5.16 Å². The summed E-state index contributed by atoms with van der Waals surface area (Å²) >= 11 is 1.56. The van der Waals surface area contributed by atoms with Gasteiger partial charge in [0, 0.05) is 4.90 Å². The lowest BCUT2D eigenvalue weighted by atomic mass is 9.83. The topological polar surface area (TPSA) is 67.8 Å².